The minimum atomic E-state index is -0.391. The van der Waals surface area contributed by atoms with Crippen LogP contribution in [0.2, 0.25) is 5.02 Å². The van der Waals surface area contributed by atoms with Crippen molar-refractivity contribution in [2.45, 2.75) is 25.3 Å². The van der Waals surface area contributed by atoms with Crippen molar-refractivity contribution in [3.63, 3.8) is 0 Å². The van der Waals surface area contributed by atoms with Gasteiger partial charge in [-0.3, -0.25) is 14.6 Å². The van der Waals surface area contributed by atoms with Gasteiger partial charge in [-0.25, -0.2) is 0 Å². The number of nitrogens with one attached hydrogen (secondary N) is 1. The van der Waals surface area contributed by atoms with Gasteiger partial charge in [0.2, 0.25) is 0 Å². The number of piperidine rings is 1. The third-order valence-electron chi connectivity index (χ3n) is 3.90. The second-order valence-electron chi connectivity index (χ2n) is 5.33. The summed E-state index contributed by atoms with van der Waals surface area (Å²) in [7, 11) is 0. The summed E-state index contributed by atoms with van der Waals surface area (Å²) in [6.45, 7) is 0.677. The van der Waals surface area contributed by atoms with E-state index >= 15 is 0 Å². The summed E-state index contributed by atoms with van der Waals surface area (Å²) < 4.78 is 0. The highest BCUT2D eigenvalue weighted by molar-refractivity contribution is 6.30. The lowest BCUT2D eigenvalue weighted by Gasteiger charge is -2.35. The molecule has 5 nitrogen and oxygen atoms in total. The van der Waals surface area contributed by atoms with Gasteiger partial charge in [0.15, 0.2) is 0 Å². The number of amides is 1. The SMILES string of the molecule is O=C(c1c[nH]c(=O)c(Cl)c1)N1CCCC[C@@H]1c1ccccn1. The molecule has 0 radical (unpaired) electrons. The van der Waals surface area contributed by atoms with Crippen molar-refractivity contribution in [3.8, 4) is 0 Å². The van der Waals surface area contributed by atoms with Gasteiger partial charge in [0.05, 0.1) is 17.3 Å². The van der Waals surface area contributed by atoms with Crippen LogP contribution in [0.4, 0.5) is 0 Å². The van der Waals surface area contributed by atoms with Crippen LogP contribution in [0, 0.1) is 0 Å². The van der Waals surface area contributed by atoms with Crippen LogP contribution in [-0.2, 0) is 0 Å². The van der Waals surface area contributed by atoms with E-state index in [9.17, 15) is 9.59 Å². The fourth-order valence-corrected chi connectivity index (χ4v) is 2.97. The number of aromatic amines is 1. The second kappa shape index (κ2) is 6.32. The second-order valence-corrected chi connectivity index (χ2v) is 5.74. The van der Waals surface area contributed by atoms with Crippen LogP contribution < -0.4 is 5.56 Å². The number of H-pyrrole nitrogens is 1. The zero-order chi connectivity index (χ0) is 15.5. The van der Waals surface area contributed by atoms with Crippen molar-refractivity contribution in [1.29, 1.82) is 0 Å². The highest BCUT2D eigenvalue weighted by Gasteiger charge is 2.29. The van der Waals surface area contributed by atoms with E-state index in [4.69, 9.17) is 11.6 Å². The molecule has 2 aromatic heterocycles. The Kier molecular flexibility index (Phi) is 4.24. The molecule has 0 aromatic carbocycles. The summed E-state index contributed by atoms with van der Waals surface area (Å²) in [5, 5.41) is 0.0252. The Hall–Kier alpha value is -2.14. The van der Waals surface area contributed by atoms with Crippen molar-refractivity contribution < 1.29 is 4.79 Å². The summed E-state index contributed by atoms with van der Waals surface area (Å²) >= 11 is 5.82. The van der Waals surface area contributed by atoms with Crippen LogP contribution in [0.1, 0.15) is 41.4 Å². The monoisotopic (exact) mass is 317 g/mol. The lowest BCUT2D eigenvalue weighted by Crippen LogP contribution is -2.39. The minimum Gasteiger partial charge on any atom is -0.330 e. The first-order valence-electron chi connectivity index (χ1n) is 7.27. The Balaban J connectivity index is 1.91. The predicted octanol–water partition coefficient (Wildman–Crippen LogP) is 2.79. The number of pyridine rings is 2. The van der Waals surface area contributed by atoms with Crippen LogP contribution in [-0.4, -0.2) is 27.3 Å². The highest BCUT2D eigenvalue weighted by Crippen LogP contribution is 2.30. The molecular formula is C16H16ClN3O2. The smallest absolute Gasteiger partial charge is 0.266 e. The molecule has 0 spiro atoms. The Morgan fingerprint density at radius 3 is 2.95 bits per heavy atom. The van der Waals surface area contributed by atoms with Gasteiger partial charge >= 0.3 is 0 Å². The van der Waals surface area contributed by atoms with Crippen molar-refractivity contribution in [2.24, 2.45) is 0 Å². The quantitative estimate of drug-likeness (QED) is 0.926. The van der Waals surface area contributed by atoms with Crippen molar-refractivity contribution in [1.82, 2.24) is 14.9 Å². The van der Waals surface area contributed by atoms with Gasteiger partial charge in [0.25, 0.3) is 11.5 Å². The van der Waals surface area contributed by atoms with Gasteiger partial charge in [-0.1, -0.05) is 17.7 Å². The molecule has 0 bridgehead atoms. The van der Waals surface area contributed by atoms with Crippen LogP contribution in [0.5, 0.6) is 0 Å². The molecule has 1 aliphatic rings. The van der Waals surface area contributed by atoms with E-state index in [0.29, 0.717) is 12.1 Å². The van der Waals surface area contributed by atoms with E-state index in [0.717, 1.165) is 25.0 Å². The van der Waals surface area contributed by atoms with E-state index in [-0.39, 0.29) is 17.0 Å². The molecular weight excluding hydrogens is 302 g/mol. The van der Waals surface area contributed by atoms with Gasteiger partial charge in [-0.15, -0.1) is 0 Å². The van der Waals surface area contributed by atoms with Crippen molar-refractivity contribution in [3.05, 3.63) is 63.3 Å². The predicted molar refractivity (Wildman–Crippen MR) is 83.9 cm³/mol. The zero-order valence-corrected chi connectivity index (χ0v) is 12.7. The van der Waals surface area contributed by atoms with Crippen LogP contribution in [0.15, 0.2) is 41.5 Å². The number of hydrogen-bond acceptors (Lipinski definition) is 3. The maximum Gasteiger partial charge on any atom is 0.266 e. The molecule has 1 N–H and O–H groups in total. The molecule has 1 aliphatic heterocycles. The highest BCUT2D eigenvalue weighted by atomic mass is 35.5. The number of aromatic nitrogens is 2. The van der Waals surface area contributed by atoms with Gasteiger partial charge in [0.1, 0.15) is 5.02 Å². The van der Waals surface area contributed by atoms with Gasteiger partial charge in [0, 0.05) is 18.9 Å². The van der Waals surface area contributed by atoms with Gasteiger partial charge in [-0.05, 0) is 37.5 Å². The van der Waals surface area contributed by atoms with Gasteiger partial charge in [-0.2, -0.15) is 0 Å². The van der Waals surface area contributed by atoms with Crippen LogP contribution >= 0.6 is 11.6 Å². The molecule has 2 aromatic rings. The van der Waals surface area contributed by atoms with Crippen LogP contribution in [0.3, 0.4) is 0 Å². The topological polar surface area (TPSA) is 66.1 Å². The largest absolute Gasteiger partial charge is 0.330 e. The lowest BCUT2D eigenvalue weighted by atomic mass is 9.98. The third-order valence-corrected chi connectivity index (χ3v) is 4.18. The number of rotatable bonds is 2. The molecule has 0 unspecified atom stereocenters. The van der Waals surface area contributed by atoms with Crippen LogP contribution in [0.25, 0.3) is 0 Å². The van der Waals surface area contributed by atoms with E-state index in [1.165, 1.54) is 12.3 Å². The summed E-state index contributed by atoms with van der Waals surface area (Å²) in [5.74, 6) is -0.131. The number of carbonyl (C=O) groups is 1. The lowest BCUT2D eigenvalue weighted by molar-refractivity contribution is 0.0605. The number of likely N-dealkylation sites (tertiary alicyclic amines) is 1. The molecule has 0 aliphatic carbocycles. The number of nitrogens with zero attached hydrogens (tertiary/aromatic N) is 2. The van der Waals surface area contributed by atoms with E-state index in [2.05, 4.69) is 9.97 Å². The Morgan fingerprint density at radius 2 is 2.23 bits per heavy atom. The first-order valence-corrected chi connectivity index (χ1v) is 7.65. The number of carbonyl (C=O) groups excluding carboxylic acids is 1. The average Bonchev–Trinajstić information content (AvgIpc) is 2.57. The summed E-state index contributed by atoms with van der Waals surface area (Å²) in [6.07, 6.45) is 6.08. The van der Waals surface area contributed by atoms with Crippen molar-refractivity contribution in [2.75, 3.05) is 6.54 Å². The fraction of sp³-hybridized carbons (Fsp3) is 0.312. The normalized spacial score (nSPS) is 18.2. The number of halogens is 1. The first kappa shape index (κ1) is 14.8. The van der Waals surface area contributed by atoms with E-state index < -0.39 is 5.56 Å². The van der Waals surface area contributed by atoms with Gasteiger partial charge < -0.3 is 9.88 Å². The number of hydrogen-bond donors (Lipinski definition) is 1. The molecule has 6 heteroatoms. The molecule has 1 atom stereocenters. The Morgan fingerprint density at radius 1 is 1.36 bits per heavy atom. The molecule has 3 rings (SSSR count). The molecule has 1 amide bonds. The average molecular weight is 318 g/mol. The van der Waals surface area contributed by atoms with Crippen molar-refractivity contribution >= 4 is 17.5 Å². The zero-order valence-electron chi connectivity index (χ0n) is 12.0. The molecule has 3 heterocycles. The minimum absolute atomic E-state index is 0.0252. The van der Waals surface area contributed by atoms with E-state index in [1.807, 2.05) is 23.1 Å². The van der Waals surface area contributed by atoms with E-state index in [1.54, 1.807) is 6.20 Å². The summed E-state index contributed by atoms with van der Waals surface area (Å²) in [6, 6.07) is 7.12. The summed E-state index contributed by atoms with van der Waals surface area (Å²) in [5.41, 5.74) is 0.900. The summed E-state index contributed by atoms with van der Waals surface area (Å²) in [4.78, 5) is 32.8. The maximum absolute atomic E-state index is 12.8. The first-order chi connectivity index (χ1) is 10.7. The molecule has 22 heavy (non-hydrogen) atoms. The standard InChI is InChI=1S/C16H16ClN3O2/c17-12-9-11(10-19-15(12)21)16(22)20-8-4-2-6-14(20)13-5-1-3-7-18-13/h1,3,5,7,9-10,14H,2,4,6,8H2,(H,19,21)/t14-/m1/s1. The molecule has 1 saturated heterocycles. The Labute approximate surface area is 132 Å². The third kappa shape index (κ3) is 2.90. The maximum atomic E-state index is 12.8. The fourth-order valence-electron chi connectivity index (χ4n) is 2.80. The Bertz CT molecular complexity index is 730. The molecule has 114 valence electrons. The molecule has 1 fully saturated rings. The molecule has 0 saturated carbocycles.